The quantitative estimate of drug-likeness (QED) is 0.938. The summed E-state index contributed by atoms with van der Waals surface area (Å²) >= 11 is 5.89. The Labute approximate surface area is 113 Å². The van der Waals surface area contributed by atoms with Gasteiger partial charge in [0, 0.05) is 18.2 Å². The van der Waals surface area contributed by atoms with Gasteiger partial charge in [-0.15, -0.1) is 0 Å². The van der Waals surface area contributed by atoms with Crippen molar-refractivity contribution in [1.29, 1.82) is 0 Å². The SMILES string of the molecule is COc1ncc(Cl)c(NCc2ccc(F)cc2F)n1. The Hall–Kier alpha value is -1.95. The molecule has 0 saturated carbocycles. The zero-order chi connectivity index (χ0) is 13.8. The van der Waals surface area contributed by atoms with E-state index < -0.39 is 11.6 Å². The van der Waals surface area contributed by atoms with Gasteiger partial charge in [0.1, 0.15) is 16.7 Å². The Morgan fingerprint density at radius 2 is 2.16 bits per heavy atom. The number of hydrogen-bond donors (Lipinski definition) is 1. The molecule has 2 rings (SSSR count). The second-order valence-electron chi connectivity index (χ2n) is 3.64. The summed E-state index contributed by atoms with van der Waals surface area (Å²) in [6, 6.07) is 3.50. The van der Waals surface area contributed by atoms with Crippen LogP contribution in [0.5, 0.6) is 6.01 Å². The van der Waals surface area contributed by atoms with Crippen LogP contribution in [0.3, 0.4) is 0 Å². The Morgan fingerprint density at radius 1 is 1.37 bits per heavy atom. The molecule has 1 heterocycles. The molecule has 0 spiro atoms. The van der Waals surface area contributed by atoms with E-state index in [0.717, 1.165) is 6.07 Å². The van der Waals surface area contributed by atoms with Crippen LogP contribution in [0.15, 0.2) is 24.4 Å². The van der Waals surface area contributed by atoms with Crippen LogP contribution in [0.25, 0.3) is 0 Å². The van der Waals surface area contributed by atoms with Crippen LogP contribution < -0.4 is 10.1 Å². The van der Waals surface area contributed by atoms with Crippen molar-refractivity contribution >= 4 is 17.4 Å². The maximum absolute atomic E-state index is 13.4. The summed E-state index contributed by atoms with van der Waals surface area (Å²) in [4.78, 5) is 7.79. The predicted octanol–water partition coefficient (Wildman–Crippen LogP) is 3.03. The Kier molecular flexibility index (Phi) is 4.11. The van der Waals surface area contributed by atoms with Gasteiger partial charge in [0.15, 0.2) is 5.82 Å². The lowest BCUT2D eigenvalue weighted by molar-refractivity contribution is 0.380. The summed E-state index contributed by atoms with van der Waals surface area (Å²) in [6.07, 6.45) is 1.37. The third-order valence-electron chi connectivity index (χ3n) is 2.37. The van der Waals surface area contributed by atoms with Gasteiger partial charge in [-0.05, 0) is 6.07 Å². The number of nitrogens with one attached hydrogen (secondary N) is 1. The molecule has 0 aliphatic carbocycles. The van der Waals surface area contributed by atoms with E-state index in [0.29, 0.717) is 11.4 Å². The zero-order valence-corrected chi connectivity index (χ0v) is 10.7. The topological polar surface area (TPSA) is 47.0 Å². The van der Waals surface area contributed by atoms with Gasteiger partial charge in [-0.25, -0.2) is 13.8 Å². The highest BCUT2D eigenvalue weighted by molar-refractivity contribution is 6.32. The first-order valence-corrected chi connectivity index (χ1v) is 5.72. The highest BCUT2D eigenvalue weighted by atomic mass is 35.5. The summed E-state index contributed by atoms with van der Waals surface area (Å²) < 4.78 is 31.0. The summed E-state index contributed by atoms with van der Waals surface area (Å²) in [7, 11) is 1.42. The average molecular weight is 286 g/mol. The van der Waals surface area contributed by atoms with E-state index in [1.165, 1.54) is 25.4 Å². The Morgan fingerprint density at radius 3 is 2.84 bits per heavy atom. The number of halogens is 3. The molecule has 0 aliphatic rings. The van der Waals surface area contributed by atoms with Gasteiger partial charge in [-0.2, -0.15) is 4.98 Å². The Balaban J connectivity index is 2.14. The molecular formula is C12H10ClF2N3O. The predicted molar refractivity (Wildman–Crippen MR) is 67.3 cm³/mol. The molecule has 0 bridgehead atoms. The summed E-state index contributed by atoms with van der Waals surface area (Å²) in [6.45, 7) is 0.117. The fraction of sp³-hybridized carbons (Fsp3) is 0.167. The van der Waals surface area contributed by atoms with E-state index in [-0.39, 0.29) is 17.6 Å². The first-order chi connectivity index (χ1) is 9.10. The molecule has 0 amide bonds. The van der Waals surface area contributed by atoms with Gasteiger partial charge >= 0.3 is 6.01 Å². The third-order valence-corrected chi connectivity index (χ3v) is 2.64. The molecule has 100 valence electrons. The molecule has 1 aromatic heterocycles. The van der Waals surface area contributed by atoms with Gasteiger partial charge in [-0.3, -0.25) is 0 Å². The van der Waals surface area contributed by atoms with Crippen LogP contribution in [0.2, 0.25) is 5.02 Å². The molecule has 0 radical (unpaired) electrons. The van der Waals surface area contributed by atoms with Gasteiger partial charge in [0.05, 0.1) is 13.3 Å². The van der Waals surface area contributed by atoms with Crippen LogP contribution in [-0.4, -0.2) is 17.1 Å². The van der Waals surface area contributed by atoms with E-state index in [4.69, 9.17) is 16.3 Å². The van der Waals surface area contributed by atoms with Crippen molar-refractivity contribution in [3.8, 4) is 6.01 Å². The second-order valence-corrected chi connectivity index (χ2v) is 4.05. The molecule has 0 aliphatic heterocycles. The smallest absolute Gasteiger partial charge is 0.318 e. The molecule has 19 heavy (non-hydrogen) atoms. The number of ether oxygens (including phenoxy) is 1. The third kappa shape index (κ3) is 3.29. The number of methoxy groups -OCH3 is 1. The highest BCUT2D eigenvalue weighted by Crippen LogP contribution is 2.21. The van der Waals surface area contributed by atoms with Crippen LogP contribution in [0, 0.1) is 11.6 Å². The fourth-order valence-corrected chi connectivity index (χ4v) is 1.58. The maximum atomic E-state index is 13.4. The van der Waals surface area contributed by atoms with Crippen LogP contribution >= 0.6 is 11.6 Å². The first kappa shape index (κ1) is 13.5. The summed E-state index contributed by atoms with van der Waals surface area (Å²) in [5.74, 6) is -0.940. The lowest BCUT2D eigenvalue weighted by Gasteiger charge is -2.09. The van der Waals surface area contributed by atoms with Crippen molar-refractivity contribution in [2.45, 2.75) is 6.54 Å². The van der Waals surface area contributed by atoms with E-state index >= 15 is 0 Å². The minimum Gasteiger partial charge on any atom is -0.467 e. The lowest BCUT2D eigenvalue weighted by Crippen LogP contribution is -2.05. The minimum absolute atomic E-state index is 0.117. The van der Waals surface area contributed by atoms with Crippen molar-refractivity contribution in [2.75, 3.05) is 12.4 Å². The molecule has 2 aromatic rings. The van der Waals surface area contributed by atoms with E-state index in [9.17, 15) is 8.78 Å². The fourth-order valence-electron chi connectivity index (χ4n) is 1.42. The number of rotatable bonds is 4. The van der Waals surface area contributed by atoms with Crippen molar-refractivity contribution in [2.24, 2.45) is 0 Å². The molecule has 0 atom stereocenters. The van der Waals surface area contributed by atoms with Gasteiger partial charge in [0.2, 0.25) is 0 Å². The van der Waals surface area contributed by atoms with Crippen molar-refractivity contribution in [1.82, 2.24) is 9.97 Å². The molecule has 1 N–H and O–H groups in total. The molecular weight excluding hydrogens is 276 g/mol. The molecule has 7 heteroatoms. The number of aromatic nitrogens is 2. The lowest BCUT2D eigenvalue weighted by atomic mass is 10.2. The second kappa shape index (κ2) is 5.79. The number of nitrogens with zero attached hydrogens (tertiary/aromatic N) is 2. The van der Waals surface area contributed by atoms with Crippen LogP contribution in [0.4, 0.5) is 14.6 Å². The van der Waals surface area contributed by atoms with Crippen molar-refractivity contribution in [3.63, 3.8) is 0 Å². The minimum atomic E-state index is -0.635. The summed E-state index contributed by atoms with van der Waals surface area (Å²) in [5.41, 5.74) is 0.301. The number of hydrogen-bond acceptors (Lipinski definition) is 4. The number of anilines is 1. The van der Waals surface area contributed by atoms with Crippen molar-refractivity contribution < 1.29 is 13.5 Å². The molecule has 1 aromatic carbocycles. The van der Waals surface area contributed by atoms with Gasteiger partial charge < -0.3 is 10.1 Å². The zero-order valence-electron chi connectivity index (χ0n) is 9.95. The maximum Gasteiger partial charge on any atom is 0.318 e. The summed E-state index contributed by atoms with van der Waals surface area (Å²) in [5, 5.41) is 3.12. The molecule has 0 saturated heterocycles. The van der Waals surface area contributed by atoms with Crippen molar-refractivity contribution in [3.05, 3.63) is 46.6 Å². The van der Waals surface area contributed by atoms with Crippen LogP contribution in [0.1, 0.15) is 5.56 Å². The number of benzene rings is 1. The van der Waals surface area contributed by atoms with E-state index in [1.807, 2.05) is 0 Å². The standard InChI is InChI=1S/C12H10ClF2N3O/c1-19-12-17-6-9(13)11(18-12)16-5-7-2-3-8(14)4-10(7)15/h2-4,6H,5H2,1H3,(H,16,17,18). The average Bonchev–Trinajstić information content (AvgIpc) is 2.39. The molecule has 0 unspecified atom stereocenters. The van der Waals surface area contributed by atoms with Gasteiger partial charge in [-0.1, -0.05) is 17.7 Å². The first-order valence-electron chi connectivity index (χ1n) is 5.34. The Bertz CT molecular complexity index is 595. The monoisotopic (exact) mass is 285 g/mol. The van der Waals surface area contributed by atoms with Crippen LogP contribution in [-0.2, 0) is 6.54 Å². The normalized spacial score (nSPS) is 10.3. The van der Waals surface area contributed by atoms with E-state index in [1.54, 1.807) is 0 Å². The largest absolute Gasteiger partial charge is 0.467 e. The molecule has 0 fully saturated rings. The van der Waals surface area contributed by atoms with Gasteiger partial charge in [0.25, 0.3) is 0 Å². The molecule has 4 nitrogen and oxygen atoms in total. The highest BCUT2D eigenvalue weighted by Gasteiger charge is 2.08. The van der Waals surface area contributed by atoms with E-state index in [2.05, 4.69) is 15.3 Å².